The van der Waals surface area contributed by atoms with Gasteiger partial charge in [-0.15, -0.1) is 0 Å². The van der Waals surface area contributed by atoms with E-state index in [2.05, 4.69) is 92.6 Å². The standard InChI is InChI=1S/C30H24BrN3O/c31-22-13-16-27-26(19-22)25(17-18-32-27)30-33-28(20-7-3-1-4-8-20)29(34-30)21-11-14-24(15-12-21)35-23-9-5-2-6-10-23/h1-17,19,30,32-34H,18H2. The van der Waals surface area contributed by atoms with Gasteiger partial charge in [0.15, 0.2) is 0 Å². The van der Waals surface area contributed by atoms with Crippen molar-refractivity contribution >= 4 is 38.6 Å². The van der Waals surface area contributed by atoms with Gasteiger partial charge in [0.25, 0.3) is 0 Å². The van der Waals surface area contributed by atoms with E-state index in [0.29, 0.717) is 0 Å². The van der Waals surface area contributed by atoms with E-state index in [4.69, 9.17) is 4.74 Å². The monoisotopic (exact) mass is 521 g/mol. The van der Waals surface area contributed by atoms with Gasteiger partial charge in [0.05, 0.1) is 11.4 Å². The molecule has 4 aromatic carbocycles. The molecule has 1 unspecified atom stereocenters. The molecule has 0 spiro atoms. The zero-order valence-corrected chi connectivity index (χ0v) is 20.5. The molecule has 2 aliphatic rings. The number of benzene rings is 4. The van der Waals surface area contributed by atoms with Crippen LogP contribution in [0.1, 0.15) is 16.7 Å². The van der Waals surface area contributed by atoms with Crippen molar-refractivity contribution in [2.45, 2.75) is 6.17 Å². The second-order valence-corrected chi connectivity index (χ2v) is 9.42. The highest BCUT2D eigenvalue weighted by atomic mass is 79.9. The van der Waals surface area contributed by atoms with E-state index in [1.807, 2.05) is 48.5 Å². The first-order valence-electron chi connectivity index (χ1n) is 11.6. The molecular weight excluding hydrogens is 498 g/mol. The summed E-state index contributed by atoms with van der Waals surface area (Å²) < 4.78 is 7.07. The zero-order valence-electron chi connectivity index (χ0n) is 19.0. The van der Waals surface area contributed by atoms with Gasteiger partial charge in [-0.25, -0.2) is 0 Å². The first-order valence-corrected chi connectivity index (χ1v) is 12.4. The van der Waals surface area contributed by atoms with Gasteiger partial charge in [0.2, 0.25) is 0 Å². The third kappa shape index (κ3) is 4.43. The molecule has 1 atom stereocenters. The second-order valence-electron chi connectivity index (χ2n) is 8.51. The number of fused-ring (bicyclic) bond motifs is 1. The Bertz CT molecular complexity index is 1410. The summed E-state index contributed by atoms with van der Waals surface area (Å²) in [5, 5.41) is 11.0. The van der Waals surface area contributed by atoms with Crippen LogP contribution in [-0.2, 0) is 0 Å². The Labute approximate surface area is 213 Å². The molecule has 0 aliphatic carbocycles. The van der Waals surface area contributed by atoms with E-state index in [0.717, 1.165) is 50.7 Å². The quantitative estimate of drug-likeness (QED) is 0.262. The van der Waals surface area contributed by atoms with Crippen molar-refractivity contribution in [3.8, 4) is 11.5 Å². The first kappa shape index (κ1) is 21.6. The van der Waals surface area contributed by atoms with Crippen molar-refractivity contribution < 1.29 is 4.74 Å². The lowest BCUT2D eigenvalue weighted by molar-refractivity contribution is 0.482. The fraction of sp³-hybridized carbons (Fsp3) is 0.0667. The fourth-order valence-electron chi connectivity index (χ4n) is 4.56. The van der Waals surface area contributed by atoms with E-state index in [-0.39, 0.29) is 6.17 Å². The Morgan fingerprint density at radius 2 is 1.31 bits per heavy atom. The van der Waals surface area contributed by atoms with Crippen molar-refractivity contribution in [2.24, 2.45) is 0 Å². The van der Waals surface area contributed by atoms with Crippen LogP contribution in [0.25, 0.3) is 17.0 Å². The molecule has 3 N–H and O–H groups in total. The third-order valence-corrected chi connectivity index (χ3v) is 6.72. The molecule has 35 heavy (non-hydrogen) atoms. The topological polar surface area (TPSA) is 45.3 Å². The van der Waals surface area contributed by atoms with E-state index in [9.17, 15) is 0 Å². The van der Waals surface area contributed by atoms with Gasteiger partial charge in [0.1, 0.15) is 17.7 Å². The van der Waals surface area contributed by atoms with Crippen molar-refractivity contribution in [3.05, 3.63) is 130 Å². The van der Waals surface area contributed by atoms with Gasteiger partial charge in [0, 0.05) is 33.4 Å². The minimum absolute atomic E-state index is 0.0457. The maximum atomic E-state index is 6.00. The Morgan fingerprint density at radius 3 is 2.03 bits per heavy atom. The number of ether oxygens (including phenoxy) is 1. The minimum Gasteiger partial charge on any atom is -0.457 e. The molecule has 172 valence electrons. The SMILES string of the molecule is Brc1ccc2c(c1)C(C1NC(c3ccccc3)=C(c3ccc(Oc4ccccc4)cc3)N1)=CCN2. The molecule has 0 saturated carbocycles. The number of rotatable bonds is 5. The molecule has 2 aliphatic heterocycles. The van der Waals surface area contributed by atoms with Crippen LogP contribution in [-0.4, -0.2) is 12.7 Å². The lowest BCUT2D eigenvalue weighted by atomic mass is 9.98. The van der Waals surface area contributed by atoms with Crippen LogP contribution in [0.5, 0.6) is 11.5 Å². The molecule has 6 rings (SSSR count). The summed E-state index contributed by atoms with van der Waals surface area (Å²) in [7, 11) is 0. The van der Waals surface area contributed by atoms with Crippen molar-refractivity contribution in [1.29, 1.82) is 0 Å². The Morgan fingerprint density at radius 1 is 0.686 bits per heavy atom. The van der Waals surface area contributed by atoms with Crippen LogP contribution >= 0.6 is 15.9 Å². The van der Waals surface area contributed by atoms with Crippen LogP contribution < -0.4 is 20.7 Å². The van der Waals surface area contributed by atoms with E-state index >= 15 is 0 Å². The van der Waals surface area contributed by atoms with Crippen LogP contribution in [0.3, 0.4) is 0 Å². The smallest absolute Gasteiger partial charge is 0.127 e. The number of para-hydroxylation sites is 1. The summed E-state index contributed by atoms with van der Waals surface area (Å²) in [5.41, 5.74) is 7.97. The highest BCUT2D eigenvalue weighted by Gasteiger charge is 2.29. The van der Waals surface area contributed by atoms with E-state index < -0.39 is 0 Å². The highest BCUT2D eigenvalue weighted by molar-refractivity contribution is 9.10. The number of nitrogens with one attached hydrogen (secondary N) is 3. The van der Waals surface area contributed by atoms with Crippen LogP contribution in [0.2, 0.25) is 0 Å². The van der Waals surface area contributed by atoms with E-state index in [1.54, 1.807) is 0 Å². The van der Waals surface area contributed by atoms with Gasteiger partial charge in [-0.2, -0.15) is 0 Å². The highest BCUT2D eigenvalue weighted by Crippen LogP contribution is 2.37. The summed E-state index contributed by atoms with van der Waals surface area (Å²) in [5.74, 6) is 1.64. The first-order chi connectivity index (χ1) is 17.2. The summed E-state index contributed by atoms with van der Waals surface area (Å²) >= 11 is 3.64. The van der Waals surface area contributed by atoms with E-state index in [1.165, 1.54) is 11.1 Å². The number of halogens is 1. The lowest BCUT2D eigenvalue weighted by Gasteiger charge is -2.25. The normalized spacial score (nSPS) is 16.5. The summed E-state index contributed by atoms with van der Waals surface area (Å²) in [4.78, 5) is 0. The average molecular weight is 522 g/mol. The molecule has 0 aromatic heterocycles. The van der Waals surface area contributed by atoms with Gasteiger partial charge in [-0.05, 0) is 60.2 Å². The summed E-state index contributed by atoms with van der Waals surface area (Å²) in [6.45, 7) is 0.797. The average Bonchev–Trinajstić information content (AvgIpc) is 3.35. The predicted octanol–water partition coefficient (Wildman–Crippen LogP) is 7.10. The molecule has 4 aromatic rings. The fourth-order valence-corrected chi connectivity index (χ4v) is 4.92. The molecule has 2 heterocycles. The number of hydrogen-bond acceptors (Lipinski definition) is 4. The van der Waals surface area contributed by atoms with Crippen LogP contribution in [0.15, 0.2) is 114 Å². The van der Waals surface area contributed by atoms with Crippen molar-refractivity contribution in [1.82, 2.24) is 10.6 Å². The molecule has 0 fully saturated rings. The molecule has 0 radical (unpaired) electrons. The Kier molecular flexibility index (Phi) is 5.76. The van der Waals surface area contributed by atoms with Crippen molar-refractivity contribution in [3.63, 3.8) is 0 Å². The number of hydrogen-bond donors (Lipinski definition) is 3. The molecule has 0 saturated heterocycles. The maximum Gasteiger partial charge on any atom is 0.127 e. The molecule has 0 bridgehead atoms. The number of anilines is 1. The zero-order chi connectivity index (χ0) is 23.6. The maximum absolute atomic E-state index is 6.00. The van der Waals surface area contributed by atoms with Crippen LogP contribution in [0.4, 0.5) is 5.69 Å². The van der Waals surface area contributed by atoms with Gasteiger partial charge < -0.3 is 20.7 Å². The summed E-state index contributed by atoms with van der Waals surface area (Å²) in [6, 6.07) is 34.9. The van der Waals surface area contributed by atoms with Crippen LogP contribution in [0, 0.1) is 0 Å². The lowest BCUT2D eigenvalue weighted by Crippen LogP contribution is -2.35. The molecule has 0 amide bonds. The second kappa shape index (κ2) is 9.35. The minimum atomic E-state index is -0.0457. The van der Waals surface area contributed by atoms with Crippen molar-refractivity contribution in [2.75, 3.05) is 11.9 Å². The van der Waals surface area contributed by atoms with Gasteiger partial charge in [-0.3, -0.25) is 0 Å². The molecule has 5 heteroatoms. The largest absolute Gasteiger partial charge is 0.457 e. The summed E-state index contributed by atoms with van der Waals surface area (Å²) in [6.07, 6.45) is 2.21. The molecular formula is C30H24BrN3O. The van der Waals surface area contributed by atoms with Gasteiger partial charge >= 0.3 is 0 Å². The Hall–Kier alpha value is -3.96. The van der Waals surface area contributed by atoms with Gasteiger partial charge in [-0.1, -0.05) is 70.5 Å². The Balaban J connectivity index is 1.33. The molecule has 4 nitrogen and oxygen atoms in total. The predicted molar refractivity (Wildman–Crippen MR) is 147 cm³/mol. The third-order valence-electron chi connectivity index (χ3n) is 6.23.